The quantitative estimate of drug-likeness (QED) is 0.757. The van der Waals surface area contributed by atoms with Crippen molar-refractivity contribution in [2.75, 3.05) is 5.32 Å². The van der Waals surface area contributed by atoms with Gasteiger partial charge in [-0.05, 0) is 12.8 Å². The first-order valence-electron chi connectivity index (χ1n) is 5.21. The maximum absolute atomic E-state index is 11.4. The van der Waals surface area contributed by atoms with E-state index in [1.165, 1.54) is 12.6 Å². The van der Waals surface area contributed by atoms with Gasteiger partial charge in [-0.1, -0.05) is 12.8 Å². The van der Waals surface area contributed by atoms with E-state index in [4.69, 9.17) is 11.6 Å². The van der Waals surface area contributed by atoms with Crippen molar-refractivity contribution in [1.29, 1.82) is 0 Å². The Kier molecular flexibility index (Phi) is 3.26. The number of anilines is 1. The Bertz CT molecular complexity index is 379. The first-order valence-corrected chi connectivity index (χ1v) is 5.65. The Hall–Kier alpha value is -1.03. The molecule has 5 heteroatoms. The highest BCUT2D eigenvalue weighted by molar-refractivity contribution is 6.21. The van der Waals surface area contributed by atoms with Crippen molar-refractivity contribution in [3.05, 3.63) is 22.7 Å². The van der Waals surface area contributed by atoms with E-state index in [1.807, 2.05) is 0 Å². The molecule has 0 bridgehead atoms. The molecule has 0 radical (unpaired) electrons. The lowest BCUT2D eigenvalue weighted by atomic mass is 9.95. The van der Waals surface area contributed by atoms with E-state index in [0.29, 0.717) is 5.82 Å². The predicted molar refractivity (Wildman–Crippen MR) is 60.4 cm³/mol. The van der Waals surface area contributed by atoms with Crippen LogP contribution in [-0.4, -0.2) is 21.4 Å². The van der Waals surface area contributed by atoms with Crippen LogP contribution in [0.15, 0.2) is 17.2 Å². The average Bonchev–Trinajstić information content (AvgIpc) is 2.24. The number of hydrogen-bond donors (Lipinski definition) is 2. The van der Waals surface area contributed by atoms with Crippen LogP contribution in [0.5, 0.6) is 0 Å². The summed E-state index contributed by atoms with van der Waals surface area (Å²) in [5, 5.41) is 3.21. The SMILES string of the molecule is O=c1[nH]ccnc1NC1CCCCC1Cl. The van der Waals surface area contributed by atoms with Crippen LogP contribution in [0.3, 0.4) is 0 Å². The van der Waals surface area contributed by atoms with Gasteiger partial charge in [0.25, 0.3) is 5.56 Å². The Morgan fingerprint density at radius 2 is 2.27 bits per heavy atom. The number of nitrogens with zero attached hydrogens (tertiary/aromatic N) is 1. The van der Waals surface area contributed by atoms with Gasteiger partial charge in [-0.25, -0.2) is 4.98 Å². The largest absolute Gasteiger partial charge is 0.361 e. The van der Waals surface area contributed by atoms with Crippen LogP contribution in [0.4, 0.5) is 5.82 Å². The molecule has 1 aliphatic carbocycles. The summed E-state index contributed by atoms with van der Waals surface area (Å²) in [6.07, 6.45) is 7.42. The van der Waals surface area contributed by atoms with Crippen molar-refractivity contribution in [3.8, 4) is 0 Å². The van der Waals surface area contributed by atoms with Crippen molar-refractivity contribution in [3.63, 3.8) is 0 Å². The van der Waals surface area contributed by atoms with Gasteiger partial charge in [0.05, 0.1) is 5.38 Å². The van der Waals surface area contributed by atoms with Crippen molar-refractivity contribution in [2.24, 2.45) is 0 Å². The smallest absolute Gasteiger partial charge is 0.290 e. The van der Waals surface area contributed by atoms with Crippen LogP contribution in [0.2, 0.25) is 0 Å². The van der Waals surface area contributed by atoms with E-state index in [9.17, 15) is 4.79 Å². The highest BCUT2D eigenvalue weighted by Crippen LogP contribution is 2.24. The average molecular weight is 228 g/mol. The van der Waals surface area contributed by atoms with Gasteiger partial charge in [0, 0.05) is 18.4 Å². The molecular formula is C10H14ClN3O. The minimum atomic E-state index is -0.188. The molecule has 15 heavy (non-hydrogen) atoms. The highest BCUT2D eigenvalue weighted by atomic mass is 35.5. The molecule has 1 heterocycles. The summed E-state index contributed by atoms with van der Waals surface area (Å²) in [5.74, 6) is 0.370. The topological polar surface area (TPSA) is 57.8 Å². The number of aromatic nitrogens is 2. The molecular weight excluding hydrogens is 214 g/mol. The third kappa shape index (κ3) is 2.50. The van der Waals surface area contributed by atoms with Crippen LogP contribution in [0.25, 0.3) is 0 Å². The lowest BCUT2D eigenvalue weighted by molar-refractivity contribution is 0.468. The van der Waals surface area contributed by atoms with Gasteiger partial charge in [-0.15, -0.1) is 11.6 Å². The zero-order valence-electron chi connectivity index (χ0n) is 8.37. The number of aromatic amines is 1. The number of H-pyrrole nitrogens is 1. The molecule has 1 aliphatic rings. The van der Waals surface area contributed by atoms with Crippen LogP contribution in [0.1, 0.15) is 25.7 Å². The van der Waals surface area contributed by atoms with E-state index in [0.717, 1.165) is 19.3 Å². The Labute approximate surface area is 93.1 Å². The van der Waals surface area contributed by atoms with E-state index >= 15 is 0 Å². The van der Waals surface area contributed by atoms with E-state index in [2.05, 4.69) is 15.3 Å². The maximum atomic E-state index is 11.4. The normalized spacial score (nSPS) is 26.2. The molecule has 1 saturated carbocycles. The molecule has 1 fully saturated rings. The van der Waals surface area contributed by atoms with Crippen molar-refractivity contribution in [2.45, 2.75) is 37.1 Å². The second-order valence-electron chi connectivity index (χ2n) is 3.82. The van der Waals surface area contributed by atoms with Gasteiger partial charge in [0.1, 0.15) is 0 Å². The summed E-state index contributed by atoms with van der Waals surface area (Å²) < 4.78 is 0. The predicted octanol–water partition coefficient (Wildman–Crippen LogP) is 1.73. The first-order chi connectivity index (χ1) is 7.27. The van der Waals surface area contributed by atoms with Crippen LogP contribution < -0.4 is 10.9 Å². The van der Waals surface area contributed by atoms with Crippen LogP contribution in [-0.2, 0) is 0 Å². The Morgan fingerprint density at radius 3 is 3.00 bits per heavy atom. The number of alkyl halides is 1. The van der Waals surface area contributed by atoms with Gasteiger partial charge < -0.3 is 10.3 Å². The molecule has 0 spiro atoms. The first kappa shape index (κ1) is 10.5. The summed E-state index contributed by atoms with van der Waals surface area (Å²) in [6.45, 7) is 0. The molecule has 2 N–H and O–H groups in total. The van der Waals surface area contributed by atoms with Crippen molar-refractivity contribution < 1.29 is 0 Å². The molecule has 4 nitrogen and oxygen atoms in total. The lowest BCUT2D eigenvalue weighted by Crippen LogP contribution is -2.35. The van der Waals surface area contributed by atoms with Crippen LogP contribution >= 0.6 is 11.6 Å². The number of rotatable bonds is 2. The third-order valence-corrected chi connectivity index (χ3v) is 3.23. The molecule has 0 amide bonds. The Morgan fingerprint density at radius 1 is 1.47 bits per heavy atom. The zero-order valence-corrected chi connectivity index (χ0v) is 9.13. The summed E-state index contributed by atoms with van der Waals surface area (Å²) in [5.41, 5.74) is -0.188. The number of nitrogens with one attached hydrogen (secondary N) is 2. The summed E-state index contributed by atoms with van der Waals surface area (Å²) in [6, 6.07) is 0.163. The fourth-order valence-corrected chi connectivity index (χ4v) is 2.22. The minimum absolute atomic E-state index is 0.0974. The monoisotopic (exact) mass is 227 g/mol. The molecule has 2 unspecified atom stereocenters. The van der Waals surface area contributed by atoms with E-state index < -0.39 is 0 Å². The zero-order chi connectivity index (χ0) is 10.7. The van der Waals surface area contributed by atoms with Crippen molar-refractivity contribution >= 4 is 17.4 Å². The van der Waals surface area contributed by atoms with Crippen molar-refractivity contribution in [1.82, 2.24) is 9.97 Å². The van der Waals surface area contributed by atoms with Crippen LogP contribution in [0, 0.1) is 0 Å². The molecule has 0 aromatic carbocycles. The molecule has 1 aromatic rings. The molecule has 2 atom stereocenters. The summed E-state index contributed by atoms with van der Waals surface area (Å²) in [7, 11) is 0. The highest BCUT2D eigenvalue weighted by Gasteiger charge is 2.23. The molecule has 0 aliphatic heterocycles. The number of hydrogen-bond acceptors (Lipinski definition) is 3. The van der Waals surface area contributed by atoms with Gasteiger partial charge in [0.2, 0.25) is 0 Å². The molecule has 1 aromatic heterocycles. The maximum Gasteiger partial charge on any atom is 0.290 e. The van der Waals surface area contributed by atoms with Gasteiger partial charge >= 0.3 is 0 Å². The fraction of sp³-hybridized carbons (Fsp3) is 0.600. The second-order valence-corrected chi connectivity index (χ2v) is 4.38. The summed E-state index contributed by atoms with van der Waals surface area (Å²) in [4.78, 5) is 17.9. The van der Waals surface area contributed by atoms with E-state index in [1.54, 1.807) is 6.20 Å². The van der Waals surface area contributed by atoms with Gasteiger partial charge in [-0.2, -0.15) is 0 Å². The second kappa shape index (κ2) is 4.66. The van der Waals surface area contributed by atoms with Gasteiger partial charge in [-0.3, -0.25) is 4.79 Å². The standard InChI is InChI=1S/C10H14ClN3O/c11-7-3-1-2-4-8(7)14-9-10(15)13-6-5-12-9/h5-8H,1-4H2,(H,12,14)(H,13,15). The van der Waals surface area contributed by atoms with Gasteiger partial charge in [0.15, 0.2) is 5.82 Å². The lowest BCUT2D eigenvalue weighted by Gasteiger charge is -2.27. The molecule has 0 saturated heterocycles. The Balaban J connectivity index is 2.08. The molecule has 82 valence electrons. The molecule has 2 rings (SSSR count). The number of halogens is 1. The third-order valence-electron chi connectivity index (χ3n) is 2.71. The summed E-state index contributed by atoms with van der Waals surface area (Å²) >= 11 is 6.18. The minimum Gasteiger partial charge on any atom is -0.361 e. The fourth-order valence-electron chi connectivity index (χ4n) is 1.88. The van der Waals surface area contributed by atoms with E-state index in [-0.39, 0.29) is 17.0 Å².